The minimum atomic E-state index is -5.05. The van der Waals surface area contributed by atoms with E-state index in [-0.39, 0.29) is 70.9 Å². The van der Waals surface area contributed by atoms with Gasteiger partial charge in [-0.05, 0) is 25.0 Å². The Morgan fingerprint density at radius 1 is 1.11 bits per heavy atom. The number of hydrogen-bond acceptors (Lipinski definition) is 12. The summed E-state index contributed by atoms with van der Waals surface area (Å²) in [6.45, 7) is -0.536. The molecule has 35 heavy (non-hydrogen) atoms. The summed E-state index contributed by atoms with van der Waals surface area (Å²) in [5, 5.41) is 17.9. The van der Waals surface area contributed by atoms with Gasteiger partial charge in [0.05, 0.1) is 29.6 Å². The molecule has 1 unspecified atom stereocenters. The first-order valence-electron chi connectivity index (χ1n) is 10.0. The van der Waals surface area contributed by atoms with Crippen LogP contribution >= 0.6 is 0 Å². The number of imide groups is 1. The zero-order valence-electron chi connectivity index (χ0n) is 18.7. The third-order valence-electron chi connectivity index (χ3n) is 4.77. The zero-order valence-corrected chi connectivity index (χ0v) is 21.5. The molecule has 0 bridgehead atoms. The number of ether oxygens (including phenoxy) is 1. The maximum absolute atomic E-state index is 11.9. The number of benzene rings is 1. The fraction of sp³-hybridized carbons (Fsp3) is 0.474. The van der Waals surface area contributed by atoms with Crippen molar-refractivity contribution in [3.8, 4) is 5.75 Å². The van der Waals surface area contributed by atoms with Gasteiger partial charge in [-0.1, -0.05) is 12.8 Å². The molecule has 1 aromatic carbocycles. The molecule has 2 rings (SSSR count). The van der Waals surface area contributed by atoms with Crippen LogP contribution in [0.4, 0.5) is 5.69 Å². The minimum Gasteiger partial charge on any atom is -0.747 e. The van der Waals surface area contributed by atoms with Crippen LogP contribution in [-0.2, 0) is 40.7 Å². The summed E-state index contributed by atoms with van der Waals surface area (Å²) in [5.74, 6) is -4.12. The molecule has 16 heteroatoms. The number of unbranched alkanes of at least 4 members (excludes halogenated alkanes) is 3. The molecule has 1 saturated heterocycles. The maximum atomic E-state index is 11.9. The van der Waals surface area contributed by atoms with E-state index in [1.807, 2.05) is 0 Å². The summed E-state index contributed by atoms with van der Waals surface area (Å²) < 4.78 is 37.9. The first-order valence-corrected chi connectivity index (χ1v) is 11.5. The molecule has 1 aromatic rings. The average Bonchev–Trinajstić information content (AvgIpc) is 3.04. The van der Waals surface area contributed by atoms with Gasteiger partial charge < -0.3 is 19.2 Å². The first-order chi connectivity index (χ1) is 15.9. The Bertz CT molecular complexity index is 1090. The minimum absolute atomic E-state index is 0. The van der Waals surface area contributed by atoms with Crippen molar-refractivity contribution in [1.29, 1.82) is 0 Å². The van der Waals surface area contributed by atoms with E-state index in [0.29, 0.717) is 19.3 Å². The first kappa shape index (κ1) is 30.6. The van der Waals surface area contributed by atoms with Gasteiger partial charge in [-0.2, -0.15) is 0 Å². The number of aliphatic hydroxyl groups excluding tert-OH is 1. The number of hydrogen-bond donors (Lipinski definition) is 1. The maximum Gasteiger partial charge on any atom is 1.00 e. The van der Waals surface area contributed by atoms with Gasteiger partial charge in [0.1, 0.15) is 21.1 Å². The molecule has 0 spiro atoms. The van der Waals surface area contributed by atoms with Crippen LogP contribution in [0.15, 0.2) is 18.2 Å². The van der Waals surface area contributed by atoms with Gasteiger partial charge in [-0.3, -0.25) is 24.5 Å². The number of esters is 1. The second-order valence-corrected chi connectivity index (χ2v) is 8.82. The number of nitro benzene ring substituents is 1. The van der Waals surface area contributed by atoms with Gasteiger partial charge >= 0.3 is 41.5 Å². The molecule has 1 atom stereocenters. The van der Waals surface area contributed by atoms with Crippen molar-refractivity contribution in [2.45, 2.75) is 56.8 Å². The molecule has 1 aliphatic heterocycles. The van der Waals surface area contributed by atoms with Crippen LogP contribution in [-0.4, -0.2) is 57.1 Å². The number of nitrogens with zero attached hydrogens (tertiary/aromatic N) is 2. The molecular formula is C19H21N2NaO12S. The second-order valence-electron chi connectivity index (χ2n) is 7.27. The van der Waals surface area contributed by atoms with E-state index in [1.54, 1.807) is 0 Å². The Kier molecular flexibility index (Phi) is 11.9. The Morgan fingerprint density at radius 3 is 2.23 bits per heavy atom. The number of carbonyl (C=O) groups is 4. The predicted molar refractivity (Wildman–Crippen MR) is 108 cm³/mol. The Balaban J connectivity index is 0.00000612. The number of hydroxylamine groups is 2. The van der Waals surface area contributed by atoms with Crippen molar-refractivity contribution in [3.05, 3.63) is 33.9 Å². The van der Waals surface area contributed by atoms with Crippen molar-refractivity contribution in [3.63, 3.8) is 0 Å². The van der Waals surface area contributed by atoms with Crippen LogP contribution in [0.5, 0.6) is 5.75 Å². The third kappa shape index (κ3) is 8.94. The van der Waals surface area contributed by atoms with Crippen LogP contribution in [0.2, 0.25) is 0 Å². The van der Waals surface area contributed by atoms with Gasteiger partial charge in [0.2, 0.25) is 0 Å². The van der Waals surface area contributed by atoms with Crippen molar-refractivity contribution in [2.75, 3.05) is 0 Å². The zero-order chi connectivity index (χ0) is 25.5. The summed E-state index contributed by atoms with van der Waals surface area (Å²) in [7, 11) is -5.05. The Hall–Kier alpha value is -2.43. The van der Waals surface area contributed by atoms with E-state index >= 15 is 0 Å². The van der Waals surface area contributed by atoms with E-state index in [0.717, 1.165) is 6.07 Å². The molecule has 1 N–H and O–H groups in total. The van der Waals surface area contributed by atoms with Crippen LogP contribution in [0, 0.1) is 10.1 Å². The Morgan fingerprint density at radius 2 is 1.71 bits per heavy atom. The molecule has 14 nitrogen and oxygen atoms in total. The molecule has 1 heterocycles. The molecule has 0 saturated carbocycles. The molecule has 0 radical (unpaired) electrons. The van der Waals surface area contributed by atoms with Crippen molar-refractivity contribution < 1.29 is 81.3 Å². The number of aliphatic hydroxyl groups is 1. The van der Waals surface area contributed by atoms with Gasteiger partial charge in [-0.25, -0.2) is 13.2 Å². The number of amides is 2. The summed E-state index contributed by atoms with van der Waals surface area (Å²) >= 11 is 0. The van der Waals surface area contributed by atoms with Gasteiger partial charge in [-0.15, -0.1) is 5.06 Å². The summed E-state index contributed by atoms with van der Waals surface area (Å²) in [5.41, 5.74) is -0.292. The van der Waals surface area contributed by atoms with Crippen LogP contribution in [0.3, 0.4) is 0 Å². The van der Waals surface area contributed by atoms with Crippen molar-refractivity contribution in [1.82, 2.24) is 5.06 Å². The van der Waals surface area contributed by atoms with E-state index in [9.17, 15) is 42.3 Å². The standard InChI is InChI=1S/C19H22N2O12S.Na/c22-11-12-7-8-13(9-14(12)21(27)28)32-17(24)5-3-1-2-4-6-18(25)33-20-16(23)10-15(19(20)26)34(29,30)31;/h7-9,15,22H,1-6,10-11H2,(H,29,30,31);/q;+1/p-1. The normalized spacial score (nSPS) is 15.5. The smallest absolute Gasteiger partial charge is 0.747 e. The van der Waals surface area contributed by atoms with E-state index < -0.39 is 57.1 Å². The van der Waals surface area contributed by atoms with E-state index in [1.165, 1.54) is 12.1 Å². The molecule has 186 valence electrons. The summed E-state index contributed by atoms with van der Waals surface area (Å²) in [6, 6.07) is 3.65. The second kappa shape index (κ2) is 13.6. The topological polar surface area (TPSA) is 211 Å². The van der Waals surface area contributed by atoms with Crippen molar-refractivity contribution >= 4 is 39.6 Å². The quantitative estimate of drug-likeness (QED) is 0.0438. The molecular weight excluding hydrogens is 503 g/mol. The Labute approximate surface area is 221 Å². The van der Waals surface area contributed by atoms with Gasteiger partial charge in [0.15, 0.2) is 0 Å². The number of rotatable bonds is 12. The molecule has 1 fully saturated rings. The number of nitro groups is 1. The molecule has 0 aliphatic carbocycles. The fourth-order valence-corrected chi connectivity index (χ4v) is 3.73. The fourth-order valence-electron chi connectivity index (χ4n) is 3.04. The largest absolute Gasteiger partial charge is 1.00 e. The van der Waals surface area contributed by atoms with Gasteiger partial charge in [0.25, 0.3) is 17.5 Å². The summed E-state index contributed by atoms with van der Waals surface area (Å²) in [6.07, 6.45) is 0.563. The molecule has 1 aliphatic rings. The molecule has 2 amide bonds. The predicted octanol–water partition coefficient (Wildman–Crippen LogP) is -2.53. The summed E-state index contributed by atoms with van der Waals surface area (Å²) in [4.78, 5) is 61.9. The van der Waals surface area contributed by atoms with Crippen LogP contribution in [0.1, 0.15) is 50.5 Å². The molecule has 0 aromatic heterocycles. The SMILES string of the molecule is O=C(CCCCCCC(=O)ON1C(=O)CC(S(=O)(=O)[O-])C1=O)Oc1ccc(CO)c([N+](=O)[O-])c1.[Na+]. The van der Waals surface area contributed by atoms with Crippen LogP contribution < -0.4 is 34.3 Å². The monoisotopic (exact) mass is 524 g/mol. The van der Waals surface area contributed by atoms with E-state index in [4.69, 9.17) is 9.84 Å². The third-order valence-corrected chi connectivity index (χ3v) is 5.84. The van der Waals surface area contributed by atoms with Gasteiger partial charge in [0, 0.05) is 12.8 Å². The van der Waals surface area contributed by atoms with E-state index in [2.05, 4.69) is 4.84 Å². The number of carbonyl (C=O) groups excluding carboxylic acids is 4. The van der Waals surface area contributed by atoms with Crippen molar-refractivity contribution in [2.24, 2.45) is 0 Å². The average molecular weight is 524 g/mol. The van der Waals surface area contributed by atoms with Crippen LogP contribution in [0.25, 0.3) is 0 Å².